The van der Waals surface area contributed by atoms with Gasteiger partial charge >= 0.3 is 5.97 Å². The van der Waals surface area contributed by atoms with Gasteiger partial charge in [0.1, 0.15) is 0 Å². The van der Waals surface area contributed by atoms with Crippen LogP contribution < -0.4 is 5.32 Å². The number of hydrogen-bond donors (Lipinski definition) is 2. The van der Waals surface area contributed by atoms with Crippen LogP contribution in [0.5, 0.6) is 0 Å². The first-order valence-corrected chi connectivity index (χ1v) is 6.27. The number of benzene rings is 1. The van der Waals surface area contributed by atoms with Crippen LogP contribution in [0.1, 0.15) is 48.0 Å². The highest BCUT2D eigenvalue weighted by Crippen LogP contribution is 2.23. The van der Waals surface area contributed by atoms with E-state index in [4.69, 9.17) is 5.11 Å². The third-order valence-corrected chi connectivity index (χ3v) is 3.44. The smallest absolute Gasteiger partial charge is 0.336 e. The van der Waals surface area contributed by atoms with Crippen LogP contribution >= 0.6 is 0 Å². The largest absolute Gasteiger partial charge is 0.478 e. The zero-order chi connectivity index (χ0) is 12.3. The third-order valence-electron chi connectivity index (χ3n) is 3.44. The van der Waals surface area contributed by atoms with Crippen molar-refractivity contribution in [2.75, 3.05) is 5.32 Å². The molecule has 0 atom stereocenters. The summed E-state index contributed by atoms with van der Waals surface area (Å²) in [6, 6.07) is 6.09. The Balaban J connectivity index is 2.10. The summed E-state index contributed by atoms with van der Waals surface area (Å²) in [6.07, 6.45) is 6.25. The summed E-state index contributed by atoms with van der Waals surface area (Å²) >= 11 is 0. The van der Waals surface area contributed by atoms with Crippen molar-refractivity contribution >= 4 is 11.7 Å². The number of carboxylic acid groups (broad SMARTS) is 1. The molecule has 1 aliphatic carbocycles. The third kappa shape index (κ3) is 2.99. The molecule has 0 aromatic heterocycles. The van der Waals surface area contributed by atoms with Gasteiger partial charge in [0, 0.05) is 11.7 Å². The number of hydrogen-bond acceptors (Lipinski definition) is 2. The van der Waals surface area contributed by atoms with E-state index in [-0.39, 0.29) is 0 Å². The van der Waals surface area contributed by atoms with Crippen LogP contribution in [-0.4, -0.2) is 17.1 Å². The van der Waals surface area contributed by atoms with E-state index >= 15 is 0 Å². The number of nitrogens with one attached hydrogen (secondary N) is 1. The standard InChI is InChI=1S/C14H19NO2/c1-10-7-8-12(9-13(10)14(16)17)15-11-5-3-2-4-6-11/h7-9,11,15H,2-6H2,1H3,(H,16,17). The van der Waals surface area contributed by atoms with Crippen molar-refractivity contribution in [1.29, 1.82) is 0 Å². The van der Waals surface area contributed by atoms with Crippen LogP contribution in [0.2, 0.25) is 0 Å². The predicted molar refractivity (Wildman–Crippen MR) is 68.6 cm³/mol. The molecule has 1 aliphatic rings. The molecule has 1 saturated carbocycles. The van der Waals surface area contributed by atoms with E-state index in [2.05, 4.69) is 5.32 Å². The van der Waals surface area contributed by atoms with Crippen LogP contribution in [0.25, 0.3) is 0 Å². The Hall–Kier alpha value is -1.51. The molecule has 0 aliphatic heterocycles. The predicted octanol–water partition coefficient (Wildman–Crippen LogP) is 3.44. The van der Waals surface area contributed by atoms with Crippen LogP contribution in [0.3, 0.4) is 0 Å². The molecule has 0 bridgehead atoms. The van der Waals surface area contributed by atoms with E-state index in [1.165, 1.54) is 32.1 Å². The first-order chi connectivity index (χ1) is 8.16. The molecule has 3 heteroatoms. The zero-order valence-corrected chi connectivity index (χ0v) is 10.2. The summed E-state index contributed by atoms with van der Waals surface area (Å²) in [4.78, 5) is 11.0. The molecule has 1 fully saturated rings. The number of aromatic carboxylic acids is 1. The van der Waals surface area contributed by atoms with Gasteiger partial charge in [-0.05, 0) is 37.5 Å². The highest BCUT2D eigenvalue weighted by atomic mass is 16.4. The van der Waals surface area contributed by atoms with Crippen molar-refractivity contribution in [2.45, 2.75) is 45.1 Å². The van der Waals surface area contributed by atoms with Crippen molar-refractivity contribution in [3.8, 4) is 0 Å². The number of carbonyl (C=O) groups is 1. The minimum atomic E-state index is -0.852. The topological polar surface area (TPSA) is 49.3 Å². The lowest BCUT2D eigenvalue weighted by atomic mass is 9.95. The second kappa shape index (κ2) is 5.21. The van der Waals surface area contributed by atoms with Gasteiger partial charge in [-0.3, -0.25) is 0 Å². The van der Waals surface area contributed by atoms with E-state index in [0.29, 0.717) is 11.6 Å². The highest BCUT2D eigenvalue weighted by molar-refractivity contribution is 5.90. The fraction of sp³-hybridized carbons (Fsp3) is 0.500. The molecule has 1 aromatic rings. The molecule has 2 rings (SSSR count). The van der Waals surface area contributed by atoms with Gasteiger partial charge in [-0.25, -0.2) is 4.79 Å². The molecule has 0 unspecified atom stereocenters. The second-order valence-electron chi connectivity index (χ2n) is 4.81. The lowest BCUT2D eigenvalue weighted by Gasteiger charge is -2.24. The van der Waals surface area contributed by atoms with Crippen LogP contribution in [-0.2, 0) is 0 Å². The van der Waals surface area contributed by atoms with Gasteiger partial charge in [-0.1, -0.05) is 25.3 Å². The van der Waals surface area contributed by atoms with Gasteiger partial charge < -0.3 is 10.4 Å². The summed E-state index contributed by atoms with van der Waals surface area (Å²) in [5.74, 6) is -0.852. The van der Waals surface area contributed by atoms with Crippen LogP contribution in [0.15, 0.2) is 18.2 Å². The highest BCUT2D eigenvalue weighted by Gasteiger charge is 2.14. The number of carboxylic acids is 1. The van der Waals surface area contributed by atoms with Crippen molar-refractivity contribution in [1.82, 2.24) is 0 Å². The molecule has 17 heavy (non-hydrogen) atoms. The molecule has 0 heterocycles. The van der Waals surface area contributed by atoms with Gasteiger partial charge in [0.25, 0.3) is 0 Å². The average Bonchev–Trinajstić information content (AvgIpc) is 2.32. The fourth-order valence-electron chi connectivity index (χ4n) is 2.42. The number of aryl methyl sites for hydroxylation is 1. The Morgan fingerprint density at radius 1 is 1.29 bits per heavy atom. The average molecular weight is 233 g/mol. The molecule has 0 spiro atoms. The Morgan fingerprint density at radius 2 is 2.00 bits per heavy atom. The maximum atomic E-state index is 11.0. The zero-order valence-electron chi connectivity index (χ0n) is 10.2. The lowest BCUT2D eigenvalue weighted by molar-refractivity contribution is 0.0696. The Bertz CT molecular complexity index is 409. The minimum absolute atomic E-state index is 0.394. The minimum Gasteiger partial charge on any atom is -0.478 e. The normalized spacial score (nSPS) is 16.8. The summed E-state index contributed by atoms with van der Waals surface area (Å²) < 4.78 is 0. The van der Waals surface area contributed by atoms with Crippen molar-refractivity contribution in [3.63, 3.8) is 0 Å². The van der Waals surface area contributed by atoms with E-state index in [9.17, 15) is 4.79 Å². The molecule has 0 radical (unpaired) electrons. The van der Waals surface area contributed by atoms with Crippen LogP contribution in [0.4, 0.5) is 5.69 Å². The van der Waals surface area contributed by atoms with Crippen molar-refractivity contribution in [3.05, 3.63) is 29.3 Å². The van der Waals surface area contributed by atoms with Crippen LogP contribution in [0, 0.1) is 6.92 Å². The molecule has 0 saturated heterocycles. The second-order valence-corrected chi connectivity index (χ2v) is 4.81. The van der Waals surface area contributed by atoms with Gasteiger partial charge in [-0.2, -0.15) is 0 Å². The van der Waals surface area contributed by atoms with Crippen molar-refractivity contribution in [2.24, 2.45) is 0 Å². The molecule has 2 N–H and O–H groups in total. The Kier molecular flexibility index (Phi) is 3.67. The fourth-order valence-corrected chi connectivity index (χ4v) is 2.42. The van der Waals surface area contributed by atoms with E-state index in [1.807, 2.05) is 19.1 Å². The lowest BCUT2D eigenvalue weighted by Crippen LogP contribution is -2.22. The Morgan fingerprint density at radius 3 is 2.65 bits per heavy atom. The number of anilines is 1. The molecule has 3 nitrogen and oxygen atoms in total. The van der Waals surface area contributed by atoms with Gasteiger partial charge in [0.2, 0.25) is 0 Å². The summed E-state index contributed by atoms with van der Waals surface area (Å²) in [5, 5.41) is 12.5. The molecule has 1 aromatic carbocycles. The SMILES string of the molecule is Cc1ccc(NC2CCCCC2)cc1C(=O)O. The molecule has 92 valence electrons. The Labute approximate surface area is 102 Å². The van der Waals surface area contributed by atoms with Crippen molar-refractivity contribution < 1.29 is 9.90 Å². The van der Waals surface area contributed by atoms with E-state index in [0.717, 1.165) is 11.3 Å². The summed E-state index contributed by atoms with van der Waals surface area (Å²) in [5.41, 5.74) is 2.14. The van der Waals surface area contributed by atoms with Gasteiger partial charge in [-0.15, -0.1) is 0 Å². The first-order valence-electron chi connectivity index (χ1n) is 6.27. The van der Waals surface area contributed by atoms with E-state index in [1.54, 1.807) is 6.07 Å². The quantitative estimate of drug-likeness (QED) is 0.840. The monoisotopic (exact) mass is 233 g/mol. The van der Waals surface area contributed by atoms with E-state index < -0.39 is 5.97 Å². The summed E-state index contributed by atoms with van der Waals surface area (Å²) in [6.45, 7) is 1.83. The maximum Gasteiger partial charge on any atom is 0.336 e. The molecular weight excluding hydrogens is 214 g/mol. The van der Waals surface area contributed by atoms with Gasteiger partial charge in [0.05, 0.1) is 5.56 Å². The van der Waals surface area contributed by atoms with Gasteiger partial charge in [0.15, 0.2) is 0 Å². The summed E-state index contributed by atoms with van der Waals surface area (Å²) in [7, 11) is 0. The first kappa shape index (κ1) is 12.0. The molecular formula is C14H19NO2. The number of rotatable bonds is 3. The molecule has 0 amide bonds. The maximum absolute atomic E-state index is 11.0.